The number of thiol groups is 1. The number of nitrogens with zero attached hydrogens (tertiary/aromatic N) is 2. The fraction of sp³-hybridized carbons (Fsp3) is 0.517. The van der Waals surface area contributed by atoms with Gasteiger partial charge in [-0.2, -0.15) is 0 Å². The molecule has 2 aliphatic rings. The van der Waals surface area contributed by atoms with Gasteiger partial charge < -0.3 is 19.9 Å². The molecule has 2 amide bonds. The molecule has 2 heterocycles. The number of amides is 2. The molecule has 2 aromatic rings. The number of carbonyl (C=O) groups excluding carboxylic acids is 2. The van der Waals surface area contributed by atoms with E-state index < -0.39 is 21.6 Å². The van der Waals surface area contributed by atoms with Crippen LogP contribution >= 0.6 is 0 Å². The first-order valence-corrected chi connectivity index (χ1v) is 15.7. The Hall–Kier alpha value is -2.87. The van der Waals surface area contributed by atoms with Gasteiger partial charge in [0.05, 0.1) is 5.92 Å². The van der Waals surface area contributed by atoms with Crippen LogP contribution < -0.4 is 10.2 Å². The van der Waals surface area contributed by atoms with Crippen LogP contribution in [0.15, 0.2) is 47.4 Å². The molecule has 1 fully saturated rings. The van der Waals surface area contributed by atoms with Crippen molar-refractivity contribution in [2.75, 3.05) is 44.1 Å². The topological polar surface area (TPSA) is 79.0 Å². The monoisotopic (exact) mass is 527 g/mol. The number of benzene rings is 2. The van der Waals surface area contributed by atoms with Crippen molar-refractivity contribution in [3.63, 3.8) is 0 Å². The molecular formula is C29H41N3O4S. The first kappa shape index (κ1) is 27.2. The predicted octanol–water partition coefficient (Wildman–Crippen LogP) is 4.29. The number of likely N-dealkylation sites (N-methyl/N-ethyl adjacent to an activating group) is 1. The zero-order valence-corrected chi connectivity index (χ0v) is 23.8. The Kier molecular flexibility index (Phi) is 7.70. The molecule has 1 unspecified atom stereocenters. The standard InChI is InChI=1S/C29H41N3O4S/c1-29(2,3)36-28(34)30-18-20-8-7-9-22(16-20)21-12-14-32(15-13-21)27(33)25-19-31(4)26-17-23(37(5,6)35)10-11-24(25)26/h7-11,16-17,21,25,37H,12-15,18-19H2,1-6H3,(H,30,34). The van der Waals surface area contributed by atoms with Crippen LogP contribution in [0.5, 0.6) is 0 Å². The van der Waals surface area contributed by atoms with Gasteiger partial charge in [0.15, 0.2) is 0 Å². The molecule has 1 saturated heterocycles. The van der Waals surface area contributed by atoms with Gasteiger partial charge in [0, 0.05) is 43.8 Å². The molecule has 2 aromatic carbocycles. The Morgan fingerprint density at radius 3 is 2.43 bits per heavy atom. The number of ether oxygens (including phenoxy) is 1. The molecule has 0 aliphatic carbocycles. The van der Waals surface area contributed by atoms with Crippen molar-refractivity contribution in [3.05, 3.63) is 59.2 Å². The highest BCUT2D eigenvalue weighted by Gasteiger charge is 2.36. The fourth-order valence-corrected chi connectivity index (χ4v) is 6.14. The summed E-state index contributed by atoms with van der Waals surface area (Å²) >= 11 is 0. The Labute approximate surface area is 222 Å². The Balaban J connectivity index is 1.36. The number of hydrogen-bond acceptors (Lipinski definition) is 5. The molecule has 0 spiro atoms. The van der Waals surface area contributed by atoms with Crippen LogP contribution in [0, 0.1) is 0 Å². The summed E-state index contributed by atoms with van der Waals surface area (Å²) in [5, 5.41) is 2.83. The van der Waals surface area contributed by atoms with Gasteiger partial charge in [-0.1, -0.05) is 40.3 Å². The van der Waals surface area contributed by atoms with Gasteiger partial charge in [-0.3, -0.25) is 9.00 Å². The molecule has 202 valence electrons. The van der Waals surface area contributed by atoms with Crippen LogP contribution in [0.4, 0.5) is 10.5 Å². The summed E-state index contributed by atoms with van der Waals surface area (Å²) in [6, 6.07) is 14.3. The predicted molar refractivity (Wildman–Crippen MR) is 150 cm³/mol. The minimum atomic E-state index is -2.35. The third-order valence-electron chi connectivity index (χ3n) is 7.24. The SMILES string of the molecule is CN1CC(C(=O)N2CCC(c3cccc(CNC(=O)OC(C)(C)C)c3)CC2)c2ccc([SH](C)(C)=O)cc21. The molecular weight excluding hydrogens is 486 g/mol. The molecule has 0 radical (unpaired) electrons. The molecule has 2 aliphatic heterocycles. The van der Waals surface area contributed by atoms with E-state index in [4.69, 9.17) is 4.74 Å². The van der Waals surface area contributed by atoms with Crippen molar-refractivity contribution < 1.29 is 18.5 Å². The van der Waals surface area contributed by atoms with Gasteiger partial charge in [-0.05, 0) is 80.9 Å². The Morgan fingerprint density at radius 1 is 1.08 bits per heavy atom. The summed E-state index contributed by atoms with van der Waals surface area (Å²) < 4.78 is 17.9. The van der Waals surface area contributed by atoms with E-state index in [0.717, 1.165) is 47.6 Å². The second-order valence-corrected chi connectivity index (χ2v) is 14.9. The first-order chi connectivity index (χ1) is 17.3. The van der Waals surface area contributed by atoms with Crippen molar-refractivity contribution in [1.82, 2.24) is 10.2 Å². The van der Waals surface area contributed by atoms with Crippen LogP contribution in [-0.2, 0) is 26.0 Å². The second-order valence-electron chi connectivity index (χ2n) is 11.7. The quantitative estimate of drug-likeness (QED) is 0.568. The highest BCUT2D eigenvalue weighted by atomic mass is 32.2. The lowest BCUT2D eigenvalue weighted by molar-refractivity contribution is -0.133. The summed E-state index contributed by atoms with van der Waals surface area (Å²) in [4.78, 5) is 30.5. The summed E-state index contributed by atoms with van der Waals surface area (Å²) in [6.07, 6.45) is 4.97. The lowest BCUT2D eigenvalue weighted by Crippen LogP contribution is -2.41. The van der Waals surface area contributed by atoms with Gasteiger partial charge in [0.2, 0.25) is 5.91 Å². The van der Waals surface area contributed by atoms with E-state index in [1.54, 1.807) is 12.5 Å². The van der Waals surface area contributed by atoms with Crippen molar-refractivity contribution in [2.45, 2.75) is 62.5 Å². The van der Waals surface area contributed by atoms with Crippen LogP contribution in [-0.4, -0.2) is 65.9 Å². The number of rotatable bonds is 5. The maximum Gasteiger partial charge on any atom is 0.407 e. The van der Waals surface area contributed by atoms with E-state index in [0.29, 0.717) is 19.0 Å². The molecule has 7 nitrogen and oxygen atoms in total. The van der Waals surface area contributed by atoms with E-state index >= 15 is 0 Å². The number of carbonyl (C=O) groups is 2. The van der Waals surface area contributed by atoms with Gasteiger partial charge in [0.1, 0.15) is 5.60 Å². The summed E-state index contributed by atoms with van der Waals surface area (Å²) in [6.45, 7) is 8.08. The van der Waals surface area contributed by atoms with E-state index in [2.05, 4.69) is 22.3 Å². The smallest absolute Gasteiger partial charge is 0.407 e. The number of nitrogens with one attached hydrogen (secondary N) is 1. The van der Waals surface area contributed by atoms with Crippen LogP contribution in [0.3, 0.4) is 0 Å². The number of fused-ring (bicyclic) bond motifs is 1. The van der Waals surface area contributed by atoms with E-state index in [-0.39, 0.29) is 11.8 Å². The normalized spacial score (nSPS) is 18.9. The Morgan fingerprint density at radius 2 is 1.78 bits per heavy atom. The average Bonchev–Trinajstić information content (AvgIpc) is 3.17. The van der Waals surface area contributed by atoms with Gasteiger partial charge in [0.25, 0.3) is 0 Å². The molecule has 1 atom stereocenters. The van der Waals surface area contributed by atoms with Gasteiger partial charge in [-0.15, -0.1) is 0 Å². The van der Waals surface area contributed by atoms with Gasteiger partial charge >= 0.3 is 6.09 Å². The molecule has 8 heteroatoms. The molecule has 0 aromatic heterocycles. The molecule has 0 bridgehead atoms. The lowest BCUT2D eigenvalue weighted by Gasteiger charge is -2.34. The van der Waals surface area contributed by atoms with E-state index in [1.807, 2.05) is 63.1 Å². The summed E-state index contributed by atoms with van der Waals surface area (Å²) in [7, 11) is -0.350. The van der Waals surface area contributed by atoms with Gasteiger partial charge in [-0.25, -0.2) is 4.79 Å². The minimum Gasteiger partial charge on any atom is -0.444 e. The first-order valence-electron chi connectivity index (χ1n) is 13.1. The summed E-state index contributed by atoms with van der Waals surface area (Å²) in [5.41, 5.74) is 3.82. The fourth-order valence-electron chi connectivity index (χ4n) is 5.27. The second kappa shape index (κ2) is 10.5. The van der Waals surface area contributed by atoms with Crippen molar-refractivity contribution >= 4 is 27.6 Å². The largest absolute Gasteiger partial charge is 0.444 e. The zero-order valence-electron chi connectivity index (χ0n) is 22.9. The van der Waals surface area contributed by atoms with Crippen molar-refractivity contribution in [1.29, 1.82) is 0 Å². The minimum absolute atomic E-state index is 0.180. The van der Waals surface area contributed by atoms with E-state index in [9.17, 15) is 13.8 Å². The third-order valence-corrected chi connectivity index (χ3v) is 8.76. The number of hydrogen-bond donors (Lipinski definition) is 2. The van der Waals surface area contributed by atoms with Crippen molar-refractivity contribution in [2.24, 2.45) is 0 Å². The maximum absolute atomic E-state index is 13.5. The van der Waals surface area contributed by atoms with Crippen LogP contribution in [0.25, 0.3) is 0 Å². The number of likely N-dealkylation sites (tertiary alicyclic amines) is 1. The average molecular weight is 528 g/mol. The summed E-state index contributed by atoms with van der Waals surface area (Å²) in [5.74, 6) is 0.388. The Bertz CT molecular complexity index is 1210. The third kappa shape index (κ3) is 6.53. The highest BCUT2D eigenvalue weighted by Crippen LogP contribution is 2.39. The van der Waals surface area contributed by atoms with Crippen molar-refractivity contribution in [3.8, 4) is 0 Å². The van der Waals surface area contributed by atoms with E-state index in [1.165, 1.54) is 5.56 Å². The van der Waals surface area contributed by atoms with Crippen LogP contribution in [0.1, 0.15) is 62.1 Å². The van der Waals surface area contributed by atoms with Crippen LogP contribution in [0.2, 0.25) is 0 Å². The molecule has 37 heavy (non-hydrogen) atoms. The number of alkyl carbamates (subject to hydrolysis) is 1. The zero-order chi connectivity index (χ0) is 27.0. The highest BCUT2D eigenvalue weighted by molar-refractivity contribution is 8.01. The lowest BCUT2D eigenvalue weighted by atomic mass is 9.88. The molecule has 4 rings (SSSR count). The number of piperidine rings is 1. The molecule has 0 saturated carbocycles. The number of anilines is 1. The molecule has 1 N–H and O–H groups in total. The maximum atomic E-state index is 13.5.